The van der Waals surface area contributed by atoms with E-state index in [1.54, 1.807) is 0 Å². The van der Waals surface area contributed by atoms with E-state index < -0.39 is 0 Å². The van der Waals surface area contributed by atoms with Gasteiger partial charge in [0.05, 0.1) is 0 Å². The van der Waals surface area contributed by atoms with Gasteiger partial charge in [-0.1, -0.05) is 50.1 Å². The van der Waals surface area contributed by atoms with E-state index in [1.807, 2.05) is 18.2 Å². The summed E-state index contributed by atoms with van der Waals surface area (Å²) in [5.41, 5.74) is 7.31. The van der Waals surface area contributed by atoms with Gasteiger partial charge in [0.25, 0.3) is 0 Å². The highest BCUT2D eigenvalue weighted by atomic mass is 35.5. The quantitative estimate of drug-likeness (QED) is 0.814. The molecule has 1 aromatic carbocycles. The van der Waals surface area contributed by atoms with Gasteiger partial charge in [0.15, 0.2) is 0 Å². The summed E-state index contributed by atoms with van der Waals surface area (Å²) in [6, 6.07) is 8.16. The maximum absolute atomic E-state index is 6.15. The summed E-state index contributed by atoms with van der Waals surface area (Å²) in [6.07, 6.45) is 3.25. The zero-order valence-corrected chi connectivity index (χ0v) is 10.3. The third-order valence-electron chi connectivity index (χ3n) is 2.89. The predicted octanol–water partition coefficient (Wildman–Crippen LogP) is 3.65. The molecular weight excluding hydrogens is 206 g/mol. The second kappa shape index (κ2) is 6.14. The van der Waals surface area contributed by atoms with E-state index in [-0.39, 0.29) is 6.04 Å². The first-order chi connectivity index (χ1) is 7.15. The zero-order valence-electron chi connectivity index (χ0n) is 9.54. The molecular formula is C13H20ClN. The lowest BCUT2D eigenvalue weighted by Crippen LogP contribution is -2.30. The third kappa shape index (κ3) is 3.84. The number of nitrogens with two attached hydrogens (primary N) is 1. The fourth-order valence-electron chi connectivity index (χ4n) is 1.79. The van der Waals surface area contributed by atoms with Gasteiger partial charge in [0.1, 0.15) is 0 Å². The van der Waals surface area contributed by atoms with Crippen molar-refractivity contribution in [2.24, 2.45) is 11.7 Å². The van der Waals surface area contributed by atoms with Crippen LogP contribution in [-0.2, 0) is 6.42 Å². The van der Waals surface area contributed by atoms with E-state index >= 15 is 0 Å². The van der Waals surface area contributed by atoms with E-state index in [2.05, 4.69) is 19.9 Å². The number of rotatable bonds is 5. The predicted molar refractivity (Wildman–Crippen MR) is 67.2 cm³/mol. The fourth-order valence-corrected chi connectivity index (χ4v) is 2.00. The van der Waals surface area contributed by atoms with Crippen molar-refractivity contribution in [1.82, 2.24) is 0 Å². The lowest BCUT2D eigenvalue weighted by Gasteiger charge is -2.19. The number of hydrogen-bond acceptors (Lipinski definition) is 1. The number of hydrogen-bond donors (Lipinski definition) is 1. The molecule has 2 N–H and O–H groups in total. The normalized spacial score (nSPS) is 14.9. The van der Waals surface area contributed by atoms with E-state index in [4.69, 9.17) is 17.3 Å². The summed E-state index contributed by atoms with van der Waals surface area (Å²) in [5.74, 6) is 0.561. The first kappa shape index (κ1) is 12.5. The van der Waals surface area contributed by atoms with E-state index in [0.29, 0.717) is 5.92 Å². The average molecular weight is 226 g/mol. The average Bonchev–Trinajstić information content (AvgIpc) is 2.21. The maximum atomic E-state index is 6.15. The van der Waals surface area contributed by atoms with Crippen molar-refractivity contribution >= 4 is 11.6 Å². The van der Waals surface area contributed by atoms with Crippen molar-refractivity contribution in [2.75, 3.05) is 0 Å². The smallest absolute Gasteiger partial charge is 0.0438 e. The molecule has 1 rings (SSSR count). The minimum absolute atomic E-state index is 0.213. The van der Waals surface area contributed by atoms with Crippen LogP contribution in [0.3, 0.4) is 0 Å². The Bertz CT molecular complexity index is 298. The van der Waals surface area contributed by atoms with Crippen molar-refractivity contribution in [3.8, 4) is 0 Å². The topological polar surface area (TPSA) is 26.0 Å². The van der Waals surface area contributed by atoms with Gasteiger partial charge in [-0.05, 0) is 30.4 Å². The van der Waals surface area contributed by atoms with Crippen LogP contribution in [0.1, 0.15) is 32.3 Å². The molecule has 84 valence electrons. The molecule has 1 nitrogen and oxygen atoms in total. The molecule has 2 atom stereocenters. The van der Waals surface area contributed by atoms with Crippen molar-refractivity contribution in [2.45, 2.75) is 39.2 Å². The summed E-state index contributed by atoms with van der Waals surface area (Å²) < 4.78 is 0. The second-order valence-corrected chi connectivity index (χ2v) is 4.63. The van der Waals surface area contributed by atoms with E-state index in [1.165, 1.54) is 12.8 Å². The maximum Gasteiger partial charge on any atom is 0.0438 e. The third-order valence-corrected chi connectivity index (χ3v) is 3.26. The highest BCUT2D eigenvalue weighted by Crippen LogP contribution is 2.19. The van der Waals surface area contributed by atoms with Crippen molar-refractivity contribution in [1.29, 1.82) is 0 Å². The molecule has 0 aliphatic rings. The summed E-state index contributed by atoms with van der Waals surface area (Å²) >= 11 is 6.09. The molecule has 0 spiro atoms. The Balaban J connectivity index is 2.58. The summed E-state index contributed by atoms with van der Waals surface area (Å²) in [6.45, 7) is 4.41. The minimum atomic E-state index is 0.213. The van der Waals surface area contributed by atoms with Crippen molar-refractivity contribution < 1.29 is 0 Å². The van der Waals surface area contributed by atoms with Crippen molar-refractivity contribution in [3.63, 3.8) is 0 Å². The highest BCUT2D eigenvalue weighted by molar-refractivity contribution is 6.31. The van der Waals surface area contributed by atoms with Gasteiger partial charge in [-0.15, -0.1) is 0 Å². The molecule has 0 fully saturated rings. The standard InChI is InChI=1S/C13H20ClN/c1-3-6-10(2)13(15)9-11-7-4-5-8-12(11)14/h4-5,7-8,10,13H,3,6,9,15H2,1-2H3. The Morgan fingerprint density at radius 3 is 2.60 bits per heavy atom. The van der Waals surface area contributed by atoms with E-state index in [9.17, 15) is 0 Å². The van der Waals surface area contributed by atoms with Gasteiger partial charge in [-0.2, -0.15) is 0 Å². The lowest BCUT2D eigenvalue weighted by atomic mass is 9.92. The minimum Gasteiger partial charge on any atom is -0.327 e. The van der Waals surface area contributed by atoms with Gasteiger partial charge in [0.2, 0.25) is 0 Å². The molecule has 0 aliphatic heterocycles. The molecule has 2 unspecified atom stereocenters. The van der Waals surface area contributed by atoms with Gasteiger partial charge in [0, 0.05) is 11.1 Å². The Labute approximate surface area is 97.6 Å². The van der Waals surface area contributed by atoms with Crippen LogP contribution in [0.4, 0.5) is 0 Å². The Kier molecular flexibility index (Phi) is 5.13. The molecule has 0 aliphatic carbocycles. The van der Waals surface area contributed by atoms with Gasteiger partial charge in [-0.25, -0.2) is 0 Å². The number of halogens is 1. The van der Waals surface area contributed by atoms with Gasteiger partial charge < -0.3 is 5.73 Å². The van der Waals surface area contributed by atoms with E-state index in [0.717, 1.165) is 17.0 Å². The molecule has 0 radical (unpaired) electrons. The molecule has 0 bridgehead atoms. The molecule has 1 aromatic rings. The second-order valence-electron chi connectivity index (χ2n) is 4.23. The molecule has 0 aromatic heterocycles. The molecule has 15 heavy (non-hydrogen) atoms. The lowest BCUT2D eigenvalue weighted by molar-refractivity contribution is 0.420. The van der Waals surface area contributed by atoms with Gasteiger partial charge in [-0.3, -0.25) is 0 Å². The summed E-state index contributed by atoms with van der Waals surface area (Å²) in [4.78, 5) is 0. The summed E-state index contributed by atoms with van der Waals surface area (Å²) in [5, 5.41) is 0.830. The van der Waals surface area contributed by atoms with Crippen molar-refractivity contribution in [3.05, 3.63) is 34.9 Å². The van der Waals surface area contributed by atoms with Crippen LogP contribution >= 0.6 is 11.6 Å². The molecule has 0 saturated heterocycles. The number of benzene rings is 1. The van der Waals surface area contributed by atoms with Crippen LogP contribution in [0.2, 0.25) is 5.02 Å². The fraction of sp³-hybridized carbons (Fsp3) is 0.538. The molecule has 0 saturated carbocycles. The van der Waals surface area contributed by atoms with Gasteiger partial charge >= 0.3 is 0 Å². The monoisotopic (exact) mass is 225 g/mol. The van der Waals surface area contributed by atoms with Crippen LogP contribution in [0.25, 0.3) is 0 Å². The summed E-state index contributed by atoms with van der Waals surface area (Å²) in [7, 11) is 0. The Morgan fingerprint density at radius 2 is 2.00 bits per heavy atom. The van der Waals surface area contributed by atoms with Crippen LogP contribution in [0, 0.1) is 5.92 Å². The van der Waals surface area contributed by atoms with Crippen LogP contribution in [0.15, 0.2) is 24.3 Å². The Morgan fingerprint density at radius 1 is 1.33 bits per heavy atom. The van der Waals surface area contributed by atoms with Crippen LogP contribution < -0.4 is 5.73 Å². The highest BCUT2D eigenvalue weighted by Gasteiger charge is 2.13. The first-order valence-electron chi connectivity index (χ1n) is 5.64. The SMILES string of the molecule is CCCC(C)C(N)Cc1ccccc1Cl. The largest absolute Gasteiger partial charge is 0.327 e. The Hall–Kier alpha value is -0.530. The van der Waals surface area contributed by atoms with Crippen LogP contribution in [0.5, 0.6) is 0 Å². The molecule has 0 amide bonds. The molecule has 2 heteroatoms. The van der Waals surface area contributed by atoms with Crippen LogP contribution in [-0.4, -0.2) is 6.04 Å². The zero-order chi connectivity index (χ0) is 11.3. The first-order valence-corrected chi connectivity index (χ1v) is 6.02. The molecule has 0 heterocycles.